The topological polar surface area (TPSA) is 148 Å². The van der Waals surface area contributed by atoms with Crippen molar-refractivity contribution in [1.82, 2.24) is 29.9 Å². The minimum Gasteiger partial charge on any atom is -0.850 e. The molecular formula is C44H43Br4F2I2KN6O5. The van der Waals surface area contributed by atoms with Crippen LogP contribution in [0.5, 0.6) is 17.2 Å². The van der Waals surface area contributed by atoms with Crippen molar-refractivity contribution >= 4 is 131 Å². The second-order valence-electron chi connectivity index (χ2n) is 14.0. The number of fused-ring (bicyclic) bond motifs is 4. The summed E-state index contributed by atoms with van der Waals surface area (Å²) in [6.07, 6.45) is 9.50. The van der Waals surface area contributed by atoms with Gasteiger partial charge in [-0.05, 0) is 183 Å². The Morgan fingerprint density at radius 1 is 0.656 bits per heavy atom. The maximum absolute atomic E-state index is 12.4. The molecule has 7 aromatic rings. The van der Waals surface area contributed by atoms with E-state index in [0.717, 1.165) is 41.5 Å². The van der Waals surface area contributed by atoms with E-state index in [1.165, 1.54) is 45.3 Å². The standard InChI is InChI=1S/C16H16N2.C7H7BrINO2.C7H6BrNO2.C5H2BrFIN.C5H3BrFN.C4H9O.K/c1-9-7-17-15-13(11(9)3)5-6-14-12(4)10(2)8-18-16(14)15;8-7-3-5(9)6(4-10-7)12-2-1-11;8-7-3-5-6(4-9-7)11-2-1-10-5;6-5-1-4(8)3(7)2-9-5;6-5-2-1-4(7)3-8-5;1-4(2,3)5;/h5-8H,1-4H3;3-4,11H,1-2H2;3-4H,1-2H2;1-2H;1-3H;1-3H3;/q;;;;;-1;+1. The smallest absolute Gasteiger partial charge is 0.850 e. The van der Waals surface area contributed by atoms with Crippen molar-refractivity contribution in [2.45, 2.75) is 54.1 Å². The molecule has 11 nitrogen and oxygen atoms in total. The molecule has 6 aromatic heterocycles. The predicted octanol–water partition coefficient (Wildman–Crippen LogP) is 9.17. The molecule has 8 rings (SSSR count). The normalized spacial score (nSPS) is 11.0. The number of aliphatic hydroxyl groups is 1. The number of aryl methyl sites for hydroxylation is 4. The van der Waals surface area contributed by atoms with Crippen molar-refractivity contribution in [3.05, 3.63) is 139 Å². The Kier molecular flexibility index (Phi) is 27.3. The molecule has 1 aliphatic heterocycles. The fourth-order valence-corrected chi connectivity index (χ4v) is 7.81. The van der Waals surface area contributed by atoms with Crippen LogP contribution in [0.2, 0.25) is 0 Å². The number of aromatic nitrogens is 6. The van der Waals surface area contributed by atoms with Crippen molar-refractivity contribution in [2.75, 3.05) is 26.4 Å². The molecule has 1 N–H and O–H groups in total. The van der Waals surface area contributed by atoms with Gasteiger partial charge in [0.1, 0.15) is 44.1 Å². The number of hydrogen-bond acceptors (Lipinski definition) is 11. The number of pyridine rings is 6. The molecule has 0 radical (unpaired) electrons. The summed E-state index contributed by atoms with van der Waals surface area (Å²) in [6, 6.07) is 12.5. The minimum absolute atomic E-state index is 0. The average Bonchev–Trinajstić information content (AvgIpc) is 3.23. The van der Waals surface area contributed by atoms with E-state index in [0.29, 0.717) is 38.3 Å². The molecule has 1 aromatic carbocycles. The fraction of sp³-hybridized carbons (Fsp3) is 0.273. The third kappa shape index (κ3) is 21.0. The molecule has 0 fully saturated rings. The summed E-state index contributed by atoms with van der Waals surface area (Å²) in [5.74, 6) is 1.59. The van der Waals surface area contributed by atoms with Gasteiger partial charge in [0.2, 0.25) is 0 Å². The number of nitrogens with zero attached hydrogens (tertiary/aromatic N) is 6. The molecule has 7 heterocycles. The Morgan fingerprint density at radius 2 is 1.12 bits per heavy atom. The van der Waals surface area contributed by atoms with Crippen LogP contribution in [0.4, 0.5) is 8.78 Å². The van der Waals surface area contributed by atoms with E-state index in [1.54, 1.807) is 51.4 Å². The van der Waals surface area contributed by atoms with E-state index in [2.05, 4.69) is 156 Å². The summed E-state index contributed by atoms with van der Waals surface area (Å²) in [5, 5.41) is 21.0. The van der Waals surface area contributed by atoms with Crippen molar-refractivity contribution in [1.29, 1.82) is 0 Å². The van der Waals surface area contributed by atoms with Crippen LogP contribution in [0.15, 0.2) is 98.1 Å². The van der Waals surface area contributed by atoms with Gasteiger partial charge in [0.05, 0.1) is 49.6 Å². The van der Waals surface area contributed by atoms with Crippen LogP contribution >= 0.6 is 109 Å². The average molecular weight is 1390 g/mol. The Balaban J connectivity index is 0.000000274. The van der Waals surface area contributed by atoms with Gasteiger partial charge in [-0.15, -0.1) is 5.60 Å². The van der Waals surface area contributed by atoms with E-state index in [4.69, 9.17) is 19.3 Å². The molecule has 0 spiro atoms. The van der Waals surface area contributed by atoms with Crippen LogP contribution in [-0.4, -0.2) is 67.0 Å². The fourth-order valence-electron chi connectivity index (χ4n) is 4.72. The largest absolute Gasteiger partial charge is 1.00 e. The van der Waals surface area contributed by atoms with Crippen LogP contribution in [0.3, 0.4) is 0 Å². The second-order valence-corrected chi connectivity index (χ2v) is 19.6. The quantitative estimate of drug-likeness (QED) is 0.0782. The van der Waals surface area contributed by atoms with Gasteiger partial charge >= 0.3 is 51.4 Å². The number of ether oxygens (including phenoxy) is 3. The van der Waals surface area contributed by atoms with Crippen molar-refractivity contribution in [3.63, 3.8) is 0 Å². The number of hydrogen-bond donors (Lipinski definition) is 1. The number of benzene rings is 1. The van der Waals surface area contributed by atoms with Gasteiger partial charge < -0.3 is 24.4 Å². The summed E-state index contributed by atoms with van der Waals surface area (Å²) in [5.41, 5.74) is 6.32. The van der Waals surface area contributed by atoms with Crippen molar-refractivity contribution in [3.8, 4) is 17.2 Å². The SMILES string of the molecule is Brc1cc2c(cn1)OCCO2.CC(C)(C)[O-].Cc1cnc2c(ccc3c(C)c(C)cnc32)c1C.Fc1ccc(Br)nc1.Fc1cnc(Br)cc1I.OCCOc1cnc(Br)cc1I.[K+]. The van der Waals surface area contributed by atoms with E-state index in [9.17, 15) is 13.9 Å². The van der Waals surface area contributed by atoms with E-state index >= 15 is 0 Å². The summed E-state index contributed by atoms with van der Waals surface area (Å²) >= 11 is 16.7. The molecule has 1 aliphatic rings. The predicted molar refractivity (Wildman–Crippen MR) is 272 cm³/mol. The Bertz CT molecular complexity index is 2490. The summed E-state index contributed by atoms with van der Waals surface area (Å²) in [6.45, 7) is 14.9. The van der Waals surface area contributed by atoms with Crippen LogP contribution < -0.4 is 70.7 Å². The number of aliphatic hydroxyl groups excluding tert-OH is 1. The Hall–Kier alpha value is -1.16. The van der Waals surface area contributed by atoms with Gasteiger partial charge in [0.25, 0.3) is 0 Å². The van der Waals surface area contributed by atoms with E-state index in [1.807, 2.05) is 41.1 Å². The zero-order valence-electron chi connectivity index (χ0n) is 36.1. The van der Waals surface area contributed by atoms with Gasteiger partial charge in [-0.1, -0.05) is 32.9 Å². The zero-order valence-corrected chi connectivity index (χ0v) is 49.9. The van der Waals surface area contributed by atoms with Crippen LogP contribution in [0, 0.1) is 46.5 Å². The maximum atomic E-state index is 12.4. The molecule has 0 saturated heterocycles. The monoisotopic (exact) mass is 1380 g/mol. The van der Waals surface area contributed by atoms with Gasteiger partial charge in [0, 0.05) is 29.2 Å². The minimum atomic E-state index is -0.750. The van der Waals surface area contributed by atoms with Gasteiger partial charge in [-0.2, -0.15) is 0 Å². The van der Waals surface area contributed by atoms with Crippen LogP contribution in [0.25, 0.3) is 21.8 Å². The molecule has 20 heteroatoms. The molecule has 336 valence electrons. The maximum Gasteiger partial charge on any atom is 1.00 e. The number of halogens is 8. The van der Waals surface area contributed by atoms with Gasteiger partial charge in [0.15, 0.2) is 23.1 Å². The van der Waals surface area contributed by atoms with E-state index < -0.39 is 5.60 Å². The molecule has 0 unspecified atom stereocenters. The first-order valence-corrected chi connectivity index (χ1v) is 24.0. The summed E-state index contributed by atoms with van der Waals surface area (Å²) in [4.78, 5) is 24.5. The molecule has 0 bridgehead atoms. The van der Waals surface area contributed by atoms with Crippen molar-refractivity contribution < 1.29 is 84.6 Å². The third-order valence-corrected chi connectivity index (χ3v) is 11.4. The molecule has 0 saturated carbocycles. The first-order chi connectivity index (χ1) is 29.7. The van der Waals surface area contributed by atoms with Gasteiger partial charge in [-0.25, -0.2) is 28.7 Å². The summed E-state index contributed by atoms with van der Waals surface area (Å²) in [7, 11) is 0. The Morgan fingerprint density at radius 3 is 1.58 bits per heavy atom. The third-order valence-electron chi connectivity index (χ3n) is 7.92. The van der Waals surface area contributed by atoms with Gasteiger partial charge in [-0.3, -0.25) is 9.97 Å². The van der Waals surface area contributed by atoms with E-state index in [-0.39, 0.29) is 69.6 Å². The molecule has 0 aliphatic carbocycles. The molecule has 0 atom stereocenters. The number of rotatable bonds is 3. The second kappa shape index (κ2) is 29.7. The first-order valence-electron chi connectivity index (χ1n) is 18.7. The van der Waals surface area contributed by atoms with Crippen LogP contribution in [0.1, 0.15) is 43.0 Å². The van der Waals surface area contributed by atoms with Crippen molar-refractivity contribution in [2.24, 2.45) is 0 Å². The van der Waals surface area contributed by atoms with Crippen LogP contribution in [-0.2, 0) is 0 Å². The summed E-state index contributed by atoms with van der Waals surface area (Å²) < 4.78 is 44.6. The molecule has 64 heavy (non-hydrogen) atoms. The Labute approximate surface area is 475 Å². The first kappa shape index (κ1) is 59.0. The molecular weight excluding hydrogens is 1340 g/mol. The molecule has 0 amide bonds. The zero-order chi connectivity index (χ0) is 46.9.